The minimum absolute atomic E-state index is 0.0409. The topological polar surface area (TPSA) is 104 Å². The SMILES string of the molecule is CC(C)(O)CCN1CCC2(CC1)CCN(Cc1ccc(C(=O)N(Cc3ncc[nH]3)Cc3ncc[nH]3)cc1)C2. The molecule has 1 aromatic carbocycles. The number of hydrogen-bond donors (Lipinski definition) is 3. The molecule has 0 radical (unpaired) electrons. The molecule has 204 valence electrons. The summed E-state index contributed by atoms with van der Waals surface area (Å²) in [6.45, 7) is 11.0. The summed E-state index contributed by atoms with van der Waals surface area (Å²) in [4.78, 5) is 35.0. The molecule has 4 heterocycles. The molecule has 0 bridgehead atoms. The second-order valence-electron chi connectivity index (χ2n) is 11.8. The lowest BCUT2D eigenvalue weighted by Gasteiger charge is -2.40. The van der Waals surface area contributed by atoms with Crippen LogP contribution in [0.25, 0.3) is 0 Å². The van der Waals surface area contributed by atoms with Gasteiger partial charge in [0.2, 0.25) is 0 Å². The first-order chi connectivity index (χ1) is 18.3. The van der Waals surface area contributed by atoms with E-state index in [9.17, 15) is 9.90 Å². The van der Waals surface area contributed by atoms with Crippen LogP contribution in [-0.2, 0) is 19.6 Å². The molecule has 2 saturated heterocycles. The van der Waals surface area contributed by atoms with E-state index >= 15 is 0 Å². The Hall–Kier alpha value is -3.01. The van der Waals surface area contributed by atoms with Crippen molar-refractivity contribution >= 4 is 5.91 Å². The molecule has 9 nitrogen and oxygen atoms in total. The van der Waals surface area contributed by atoms with Gasteiger partial charge in [0, 0.05) is 50.0 Å². The summed E-state index contributed by atoms with van der Waals surface area (Å²) in [7, 11) is 0. The first-order valence-electron chi connectivity index (χ1n) is 13.8. The first-order valence-corrected chi connectivity index (χ1v) is 13.8. The van der Waals surface area contributed by atoms with Gasteiger partial charge >= 0.3 is 0 Å². The highest BCUT2D eigenvalue weighted by Gasteiger charge is 2.40. The lowest BCUT2D eigenvalue weighted by Crippen LogP contribution is -2.43. The predicted octanol–water partition coefficient (Wildman–Crippen LogP) is 3.42. The van der Waals surface area contributed by atoms with E-state index in [1.807, 2.05) is 26.0 Å². The molecule has 1 amide bonds. The van der Waals surface area contributed by atoms with Crippen molar-refractivity contribution in [2.24, 2.45) is 5.41 Å². The summed E-state index contributed by atoms with van der Waals surface area (Å²) in [5.74, 6) is 1.45. The molecule has 1 spiro atoms. The van der Waals surface area contributed by atoms with Crippen molar-refractivity contribution in [1.82, 2.24) is 34.6 Å². The van der Waals surface area contributed by atoms with Crippen LogP contribution in [0.5, 0.6) is 0 Å². The zero-order valence-corrected chi connectivity index (χ0v) is 22.7. The highest BCUT2D eigenvalue weighted by atomic mass is 16.3. The molecular weight excluding hydrogens is 478 g/mol. The number of imidazole rings is 2. The largest absolute Gasteiger partial charge is 0.390 e. The molecule has 0 aliphatic carbocycles. The Morgan fingerprint density at radius 2 is 1.55 bits per heavy atom. The van der Waals surface area contributed by atoms with Gasteiger partial charge in [-0.05, 0) is 82.3 Å². The van der Waals surface area contributed by atoms with Crippen molar-refractivity contribution in [3.8, 4) is 0 Å². The molecule has 2 aliphatic rings. The summed E-state index contributed by atoms with van der Waals surface area (Å²) < 4.78 is 0. The van der Waals surface area contributed by atoms with Crippen molar-refractivity contribution < 1.29 is 9.90 Å². The van der Waals surface area contributed by atoms with Gasteiger partial charge < -0.3 is 24.9 Å². The molecule has 38 heavy (non-hydrogen) atoms. The van der Waals surface area contributed by atoms with Crippen LogP contribution in [0.1, 0.15) is 67.1 Å². The Labute approximate surface area is 225 Å². The quantitative estimate of drug-likeness (QED) is 0.379. The maximum absolute atomic E-state index is 13.4. The van der Waals surface area contributed by atoms with Crippen molar-refractivity contribution in [3.05, 3.63) is 71.8 Å². The molecule has 5 rings (SSSR count). The molecule has 3 aromatic rings. The second kappa shape index (κ2) is 11.4. The molecule has 9 heteroatoms. The molecule has 0 atom stereocenters. The van der Waals surface area contributed by atoms with Gasteiger partial charge in [-0.2, -0.15) is 0 Å². The standard InChI is InChI=1S/C29H41N7O2/c1-28(2,38)7-15-34-16-8-29(9-17-34)10-18-35(22-29)19-23-3-5-24(6-4-23)27(37)36(20-25-30-11-12-31-25)21-26-32-13-14-33-26/h3-6,11-14,38H,7-10,15-22H2,1-2H3,(H,30,31)(H,32,33). The third-order valence-electron chi connectivity index (χ3n) is 8.16. The fourth-order valence-electron chi connectivity index (χ4n) is 5.78. The van der Waals surface area contributed by atoms with Gasteiger partial charge in [-0.15, -0.1) is 0 Å². The van der Waals surface area contributed by atoms with Crippen LogP contribution in [-0.4, -0.2) is 84.0 Å². The number of nitrogens with zero attached hydrogens (tertiary/aromatic N) is 5. The van der Waals surface area contributed by atoms with Gasteiger partial charge in [-0.1, -0.05) is 12.1 Å². The number of benzene rings is 1. The van der Waals surface area contributed by atoms with Crippen LogP contribution >= 0.6 is 0 Å². The number of carbonyl (C=O) groups excluding carboxylic acids is 1. The molecule has 0 unspecified atom stereocenters. The van der Waals surface area contributed by atoms with E-state index in [-0.39, 0.29) is 5.91 Å². The number of H-pyrrole nitrogens is 2. The smallest absolute Gasteiger partial charge is 0.254 e. The third-order valence-corrected chi connectivity index (χ3v) is 8.16. The van der Waals surface area contributed by atoms with Gasteiger partial charge in [0.1, 0.15) is 11.6 Å². The Kier molecular flexibility index (Phi) is 7.97. The third kappa shape index (κ3) is 6.89. The van der Waals surface area contributed by atoms with Crippen LogP contribution in [0.15, 0.2) is 49.1 Å². The van der Waals surface area contributed by atoms with Gasteiger partial charge in [0.05, 0.1) is 18.7 Å². The Balaban J connectivity index is 1.15. The van der Waals surface area contributed by atoms with Crippen LogP contribution in [0.3, 0.4) is 0 Å². The monoisotopic (exact) mass is 519 g/mol. The van der Waals surface area contributed by atoms with E-state index < -0.39 is 5.60 Å². The number of carbonyl (C=O) groups is 1. The van der Waals surface area contributed by atoms with Gasteiger partial charge in [0.25, 0.3) is 5.91 Å². The second-order valence-corrected chi connectivity index (χ2v) is 11.8. The van der Waals surface area contributed by atoms with E-state index in [0.29, 0.717) is 24.1 Å². The average molecular weight is 520 g/mol. The van der Waals surface area contributed by atoms with E-state index in [1.54, 1.807) is 29.7 Å². The maximum atomic E-state index is 13.4. The number of aliphatic hydroxyl groups is 1. The van der Waals surface area contributed by atoms with Crippen LogP contribution in [0, 0.1) is 5.41 Å². The number of likely N-dealkylation sites (tertiary alicyclic amines) is 2. The van der Waals surface area contributed by atoms with Gasteiger partial charge in [-0.25, -0.2) is 9.97 Å². The van der Waals surface area contributed by atoms with Crippen molar-refractivity contribution in [2.75, 3.05) is 32.7 Å². The average Bonchev–Trinajstić information content (AvgIpc) is 3.67. The number of nitrogens with one attached hydrogen (secondary N) is 2. The highest BCUT2D eigenvalue weighted by molar-refractivity contribution is 5.94. The molecule has 2 fully saturated rings. The van der Waals surface area contributed by atoms with Crippen molar-refractivity contribution in [1.29, 1.82) is 0 Å². The summed E-state index contributed by atoms with van der Waals surface area (Å²) in [5, 5.41) is 10.0. The van der Waals surface area contributed by atoms with Crippen LogP contribution in [0.4, 0.5) is 0 Å². The van der Waals surface area contributed by atoms with E-state index in [0.717, 1.165) is 57.3 Å². The fourth-order valence-corrected chi connectivity index (χ4v) is 5.78. The van der Waals surface area contributed by atoms with Crippen LogP contribution in [0.2, 0.25) is 0 Å². The summed E-state index contributed by atoms with van der Waals surface area (Å²) in [6, 6.07) is 8.08. The van der Waals surface area contributed by atoms with Gasteiger partial charge in [0.15, 0.2) is 0 Å². The lowest BCUT2D eigenvalue weighted by atomic mass is 9.77. The number of hydrogen-bond acceptors (Lipinski definition) is 6. The Bertz CT molecular complexity index is 1110. The minimum atomic E-state index is -0.587. The number of aromatic nitrogens is 4. The summed E-state index contributed by atoms with van der Waals surface area (Å²) in [5.41, 5.74) is 1.75. The Morgan fingerprint density at radius 3 is 2.08 bits per heavy atom. The number of rotatable bonds is 10. The molecule has 3 N–H and O–H groups in total. The van der Waals surface area contributed by atoms with Crippen molar-refractivity contribution in [3.63, 3.8) is 0 Å². The van der Waals surface area contributed by atoms with E-state index in [2.05, 4.69) is 41.9 Å². The molecule has 2 aliphatic heterocycles. The highest BCUT2D eigenvalue weighted by Crippen LogP contribution is 2.41. The minimum Gasteiger partial charge on any atom is -0.390 e. The summed E-state index contributed by atoms with van der Waals surface area (Å²) >= 11 is 0. The van der Waals surface area contributed by atoms with E-state index in [4.69, 9.17) is 0 Å². The maximum Gasteiger partial charge on any atom is 0.254 e. The lowest BCUT2D eigenvalue weighted by molar-refractivity contribution is 0.0429. The normalized spacial score (nSPS) is 18.3. The number of piperidine rings is 1. The predicted molar refractivity (Wildman–Crippen MR) is 146 cm³/mol. The molecular formula is C29H41N7O2. The number of amides is 1. The van der Waals surface area contributed by atoms with Crippen molar-refractivity contribution in [2.45, 2.75) is 64.8 Å². The van der Waals surface area contributed by atoms with E-state index in [1.165, 1.54) is 24.8 Å². The number of aromatic amines is 2. The zero-order valence-electron chi connectivity index (χ0n) is 22.7. The summed E-state index contributed by atoms with van der Waals surface area (Å²) in [6.07, 6.45) is 11.5. The fraction of sp³-hybridized carbons (Fsp3) is 0.552. The zero-order chi connectivity index (χ0) is 26.6. The molecule has 2 aromatic heterocycles. The first kappa shape index (κ1) is 26.6. The van der Waals surface area contributed by atoms with Crippen LogP contribution < -0.4 is 0 Å². The molecule has 0 saturated carbocycles. The van der Waals surface area contributed by atoms with Gasteiger partial charge in [-0.3, -0.25) is 9.69 Å². The Morgan fingerprint density at radius 1 is 0.974 bits per heavy atom.